The van der Waals surface area contributed by atoms with Gasteiger partial charge in [0.15, 0.2) is 0 Å². The van der Waals surface area contributed by atoms with Gasteiger partial charge in [0.1, 0.15) is 5.75 Å². The summed E-state index contributed by atoms with van der Waals surface area (Å²) in [5.74, 6) is 0.562. The van der Waals surface area contributed by atoms with Crippen molar-refractivity contribution < 1.29 is 9.53 Å². The summed E-state index contributed by atoms with van der Waals surface area (Å²) in [6.45, 7) is 3.94. The lowest BCUT2D eigenvalue weighted by atomic mass is 10.0. The quantitative estimate of drug-likeness (QED) is 0.456. The second kappa shape index (κ2) is 7.87. The van der Waals surface area contributed by atoms with Gasteiger partial charge in [-0.05, 0) is 68.7 Å². The van der Waals surface area contributed by atoms with E-state index in [0.717, 1.165) is 27.8 Å². The number of fused-ring (bicyclic) bond motifs is 1. The number of ether oxygens (including phenoxy) is 1. The summed E-state index contributed by atoms with van der Waals surface area (Å²) >= 11 is 0. The first-order chi connectivity index (χ1) is 15.1. The minimum Gasteiger partial charge on any atom is -0.491 e. The highest BCUT2D eigenvalue weighted by atomic mass is 16.5. The number of amides is 1. The molecule has 0 radical (unpaired) electrons. The van der Waals surface area contributed by atoms with Crippen LogP contribution in [0.4, 0.5) is 5.69 Å². The summed E-state index contributed by atoms with van der Waals surface area (Å²) in [6.07, 6.45) is 8.25. The molecule has 0 aliphatic heterocycles. The van der Waals surface area contributed by atoms with Crippen LogP contribution in [0, 0.1) is 0 Å². The van der Waals surface area contributed by atoms with Crippen molar-refractivity contribution in [3.05, 3.63) is 72.7 Å². The number of nitrogens with zero attached hydrogens (tertiary/aromatic N) is 3. The van der Waals surface area contributed by atoms with E-state index >= 15 is 0 Å². The maximum Gasteiger partial charge on any atom is 0.255 e. The van der Waals surface area contributed by atoms with E-state index in [0.29, 0.717) is 17.3 Å². The molecule has 1 fully saturated rings. The highest BCUT2D eigenvalue weighted by Gasteiger charge is 2.24. The maximum absolute atomic E-state index is 12.8. The monoisotopic (exact) mass is 412 g/mol. The van der Waals surface area contributed by atoms with Crippen molar-refractivity contribution in [2.24, 2.45) is 0 Å². The molecule has 0 spiro atoms. The van der Waals surface area contributed by atoms with Crippen molar-refractivity contribution in [3.63, 3.8) is 0 Å². The molecular formula is C25H24N4O2. The first kappa shape index (κ1) is 19.3. The molecule has 6 nitrogen and oxygen atoms in total. The fourth-order valence-corrected chi connectivity index (χ4v) is 3.70. The first-order valence-electron chi connectivity index (χ1n) is 10.6. The normalized spacial score (nSPS) is 13.5. The van der Waals surface area contributed by atoms with Crippen LogP contribution in [0.5, 0.6) is 5.75 Å². The van der Waals surface area contributed by atoms with Crippen molar-refractivity contribution in [1.29, 1.82) is 0 Å². The fraction of sp³-hybridized carbons (Fsp3) is 0.240. The van der Waals surface area contributed by atoms with Crippen LogP contribution in [-0.2, 0) is 0 Å². The second-order valence-electron chi connectivity index (χ2n) is 8.15. The molecule has 1 amide bonds. The molecule has 2 aromatic carbocycles. The third-order valence-corrected chi connectivity index (χ3v) is 5.34. The van der Waals surface area contributed by atoms with Gasteiger partial charge >= 0.3 is 0 Å². The molecule has 2 aromatic heterocycles. The standard InChI is InChI=1S/C25H24N4O2/c1-16(2)31-20-10-6-17(7-11-20)25(30)28-23-5-3-4-22-21(12-13-26-24(22)23)18-14-27-29(15-18)19-8-9-19/h3-7,10-16,19H,8-9H2,1-2H3,(H,28,30). The molecule has 1 saturated carbocycles. The molecule has 0 saturated heterocycles. The molecule has 0 unspecified atom stereocenters. The van der Waals surface area contributed by atoms with Crippen LogP contribution in [0.3, 0.4) is 0 Å². The van der Waals surface area contributed by atoms with Gasteiger partial charge in [0, 0.05) is 28.9 Å². The van der Waals surface area contributed by atoms with Gasteiger partial charge in [0.25, 0.3) is 5.91 Å². The molecule has 6 heteroatoms. The van der Waals surface area contributed by atoms with E-state index in [9.17, 15) is 4.79 Å². The van der Waals surface area contributed by atoms with Crippen molar-refractivity contribution >= 4 is 22.5 Å². The molecule has 1 aliphatic carbocycles. The maximum atomic E-state index is 12.8. The summed E-state index contributed by atoms with van der Waals surface area (Å²) in [5, 5.41) is 8.51. The Hall–Kier alpha value is -3.67. The number of nitrogens with one attached hydrogen (secondary N) is 1. The van der Waals surface area contributed by atoms with Gasteiger partial charge in [0.2, 0.25) is 0 Å². The van der Waals surface area contributed by atoms with Crippen LogP contribution in [0.25, 0.3) is 22.0 Å². The minimum atomic E-state index is -0.183. The van der Waals surface area contributed by atoms with E-state index < -0.39 is 0 Å². The summed E-state index contributed by atoms with van der Waals surface area (Å²) in [5.41, 5.74) is 4.12. The summed E-state index contributed by atoms with van der Waals surface area (Å²) < 4.78 is 7.69. The van der Waals surface area contributed by atoms with Crippen LogP contribution in [-0.4, -0.2) is 26.8 Å². The topological polar surface area (TPSA) is 69.0 Å². The zero-order chi connectivity index (χ0) is 21.4. The predicted octanol–water partition coefficient (Wildman–Crippen LogP) is 5.47. The fourth-order valence-electron chi connectivity index (χ4n) is 3.70. The Labute approximate surface area is 180 Å². The second-order valence-corrected chi connectivity index (χ2v) is 8.15. The van der Waals surface area contributed by atoms with Crippen molar-refractivity contribution in [1.82, 2.24) is 14.8 Å². The Morgan fingerprint density at radius 2 is 1.94 bits per heavy atom. The van der Waals surface area contributed by atoms with Crippen molar-refractivity contribution in [2.45, 2.75) is 38.8 Å². The molecule has 31 heavy (non-hydrogen) atoms. The van der Waals surface area contributed by atoms with E-state index in [2.05, 4.69) is 21.6 Å². The lowest BCUT2D eigenvalue weighted by Gasteiger charge is -2.12. The van der Waals surface area contributed by atoms with Crippen LogP contribution < -0.4 is 10.1 Å². The Kier molecular flexibility index (Phi) is 4.90. The van der Waals surface area contributed by atoms with Crippen molar-refractivity contribution in [3.8, 4) is 16.9 Å². The molecule has 4 aromatic rings. The first-order valence-corrected chi connectivity index (χ1v) is 10.6. The summed E-state index contributed by atoms with van der Waals surface area (Å²) in [7, 11) is 0. The average Bonchev–Trinajstić information content (AvgIpc) is 3.50. The van der Waals surface area contributed by atoms with Crippen LogP contribution in [0.2, 0.25) is 0 Å². The molecule has 0 bridgehead atoms. The number of pyridine rings is 1. The number of benzene rings is 2. The van der Waals surface area contributed by atoms with E-state index in [1.165, 1.54) is 12.8 Å². The van der Waals surface area contributed by atoms with Gasteiger partial charge in [-0.2, -0.15) is 5.10 Å². The summed E-state index contributed by atoms with van der Waals surface area (Å²) in [4.78, 5) is 17.4. The number of carbonyl (C=O) groups excluding carboxylic acids is 1. The average molecular weight is 412 g/mol. The smallest absolute Gasteiger partial charge is 0.255 e. The van der Waals surface area contributed by atoms with Gasteiger partial charge in [0.05, 0.1) is 29.5 Å². The largest absolute Gasteiger partial charge is 0.491 e. The Morgan fingerprint density at radius 1 is 1.13 bits per heavy atom. The number of hydrogen-bond donors (Lipinski definition) is 1. The van der Waals surface area contributed by atoms with Gasteiger partial charge in [-0.15, -0.1) is 0 Å². The summed E-state index contributed by atoms with van der Waals surface area (Å²) in [6, 6.07) is 15.5. The third kappa shape index (κ3) is 4.01. The van der Waals surface area contributed by atoms with Gasteiger partial charge in [-0.3, -0.25) is 14.5 Å². The number of hydrogen-bond acceptors (Lipinski definition) is 4. The Bertz CT molecular complexity index is 1240. The zero-order valence-corrected chi connectivity index (χ0v) is 17.6. The molecule has 1 N–H and O–H groups in total. The van der Waals surface area contributed by atoms with E-state index in [-0.39, 0.29) is 12.0 Å². The molecule has 2 heterocycles. The Balaban J connectivity index is 1.43. The third-order valence-electron chi connectivity index (χ3n) is 5.34. The Morgan fingerprint density at radius 3 is 2.68 bits per heavy atom. The molecule has 5 rings (SSSR count). The lowest BCUT2D eigenvalue weighted by molar-refractivity contribution is 0.102. The van der Waals surface area contributed by atoms with Gasteiger partial charge in [-0.25, -0.2) is 0 Å². The van der Waals surface area contributed by atoms with Gasteiger partial charge < -0.3 is 10.1 Å². The molecule has 0 atom stereocenters. The zero-order valence-electron chi connectivity index (χ0n) is 17.6. The van der Waals surface area contributed by atoms with E-state index in [1.807, 2.05) is 61.1 Å². The highest BCUT2D eigenvalue weighted by molar-refractivity contribution is 6.10. The number of rotatable bonds is 6. The van der Waals surface area contributed by atoms with E-state index in [4.69, 9.17) is 4.74 Å². The number of anilines is 1. The van der Waals surface area contributed by atoms with E-state index in [1.54, 1.807) is 18.3 Å². The lowest BCUT2D eigenvalue weighted by Crippen LogP contribution is -2.12. The van der Waals surface area contributed by atoms with Crippen LogP contribution >= 0.6 is 0 Å². The van der Waals surface area contributed by atoms with Crippen LogP contribution in [0.15, 0.2) is 67.1 Å². The SMILES string of the molecule is CC(C)Oc1ccc(C(=O)Nc2cccc3c(-c4cnn(C5CC5)c4)ccnc23)cc1. The highest BCUT2D eigenvalue weighted by Crippen LogP contribution is 2.36. The van der Waals surface area contributed by atoms with Crippen LogP contribution in [0.1, 0.15) is 43.1 Å². The molecule has 1 aliphatic rings. The predicted molar refractivity (Wildman–Crippen MR) is 121 cm³/mol. The van der Waals surface area contributed by atoms with Gasteiger partial charge in [-0.1, -0.05) is 12.1 Å². The van der Waals surface area contributed by atoms with Crippen molar-refractivity contribution in [2.75, 3.05) is 5.32 Å². The minimum absolute atomic E-state index is 0.0898. The molecule has 156 valence electrons. The number of carbonyl (C=O) groups is 1. The molecular weight excluding hydrogens is 388 g/mol. The number of para-hydroxylation sites is 1. The number of aromatic nitrogens is 3.